The first-order chi connectivity index (χ1) is 9.83. The van der Waals surface area contributed by atoms with Crippen LogP contribution in [0.4, 0.5) is 0 Å². The van der Waals surface area contributed by atoms with Gasteiger partial charge in [-0.05, 0) is 29.8 Å². The van der Waals surface area contributed by atoms with Gasteiger partial charge in [-0.25, -0.2) is 4.98 Å². The van der Waals surface area contributed by atoms with Crippen LogP contribution in [0.5, 0.6) is 11.5 Å². The number of thioether (sulfide) groups is 1. The van der Waals surface area contributed by atoms with E-state index in [2.05, 4.69) is 4.98 Å². The number of ether oxygens (including phenoxy) is 2. The molecule has 0 fully saturated rings. The quantitative estimate of drug-likeness (QED) is 0.796. The van der Waals surface area contributed by atoms with E-state index in [4.69, 9.17) is 21.1 Å². The molecule has 20 heavy (non-hydrogen) atoms. The van der Waals surface area contributed by atoms with E-state index >= 15 is 0 Å². The summed E-state index contributed by atoms with van der Waals surface area (Å²) in [6.07, 6.45) is 2.67. The molecule has 0 spiro atoms. The maximum Gasteiger partial charge on any atom is 0.179 e. The summed E-state index contributed by atoms with van der Waals surface area (Å²) in [5, 5.41) is 1.61. The van der Waals surface area contributed by atoms with Crippen LogP contribution in [0.25, 0.3) is 0 Å². The minimum atomic E-state index is 0.612. The Morgan fingerprint density at radius 3 is 2.95 bits per heavy atom. The molecule has 1 aromatic heterocycles. The molecule has 1 aromatic carbocycles. The van der Waals surface area contributed by atoms with Crippen molar-refractivity contribution < 1.29 is 9.47 Å². The number of halogens is 1. The number of aromatic nitrogens is 1. The Kier molecular flexibility index (Phi) is 4.33. The lowest BCUT2D eigenvalue weighted by molar-refractivity contribution is 0.297. The van der Waals surface area contributed by atoms with Crippen LogP contribution in [0.1, 0.15) is 12.0 Å². The van der Waals surface area contributed by atoms with Crippen LogP contribution in [-0.4, -0.2) is 18.2 Å². The average molecular weight is 308 g/mol. The molecule has 0 N–H and O–H groups in total. The van der Waals surface area contributed by atoms with Crippen LogP contribution < -0.4 is 9.47 Å². The molecule has 0 amide bonds. The number of hydrogen-bond donors (Lipinski definition) is 0. The zero-order valence-corrected chi connectivity index (χ0v) is 12.4. The number of hydrogen-bond acceptors (Lipinski definition) is 4. The summed E-state index contributed by atoms with van der Waals surface area (Å²) >= 11 is 7.94. The average Bonchev–Trinajstić information content (AvgIpc) is 2.72. The second-order valence-electron chi connectivity index (χ2n) is 4.41. The molecule has 1 aliphatic rings. The summed E-state index contributed by atoms with van der Waals surface area (Å²) in [6, 6.07) is 9.83. The molecule has 0 aliphatic carbocycles. The van der Waals surface area contributed by atoms with Crippen molar-refractivity contribution in [3.05, 3.63) is 47.1 Å². The smallest absolute Gasteiger partial charge is 0.179 e. The monoisotopic (exact) mass is 307 g/mol. The fraction of sp³-hybridized carbons (Fsp3) is 0.267. The minimum absolute atomic E-state index is 0.612. The summed E-state index contributed by atoms with van der Waals surface area (Å²) in [7, 11) is 0. The van der Waals surface area contributed by atoms with E-state index in [1.165, 1.54) is 0 Å². The molecule has 0 radical (unpaired) electrons. The van der Waals surface area contributed by atoms with Gasteiger partial charge in [0.1, 0.15) is 0 Å². The highest BCUT2D eigenvalue weighted by Gasteiger charge is 2.15. The fourth-order valence-corrected chi connectivity index (χ4v) is 3.04. The molecule has 5 heteroatoms. The Labute approximate surface area is 127 Å². The normalized spacial score (nSPS) is 13.8. The van der Waals surface area contributed by atoms with Crippen LogP contribution in [0.2, 0.25) is 5.02 Å². The topological polar surface area (TPSA) is 31.4 Å². The van der Waals surface area contributed by atoms with Crippen molar-refractivity contribution in [3.63, 3.8) is 0 Å². The summed E-state index contributed by atoms with van der Waals surface area (Å²) in [4.78, 5) is 4.29. The van der Waals surface area contributed by atoms with Gasteiger partial charge in [-0.2, -0.15) is 0 Å². The molecule has 0 saturated heterocycles. The molecule has 0 bridgehead atoms. The number of fused-ring (bicyclic) bond motifs is 1. The van der Waals surface area contributed by atoms with Crippen molar-refractivity contribution in [2.45, 2.75) is 17.2 Å². The third kappa shape index (κ3) is 3.19. The zero-order valence-electron chi connectivity index (χ0n) is 10.8. The van der Waals surface area contributed by atoms with E-state index in [1.807, 2.05) is 30.3 Å². The largest absolute Gasteiger partial charge is 0.489 e. The summed E-state index contributed by atoms with van der Waals surface area (Å²) in [5.41, 5.74) is 1.11. The van der Waals surface area contributed by atoms with Crippen LogP contribution in [0, 0.1) is 0 Å². The van der Waals surface area contributed by atoms with E-state index < -0.39 is 0 Å². The van der Waals surface area contributed by atoms with Gasteiger partial charge in [0.25, 0.3) is 0 Å². The lowest BCUT2D eigenvalue weighted by Crippen LogP contribution is -1.97. The van der Waals surface area contributed by atoms with E-state index in [0.717, 1.165) is 28.5 Å². The highest BCUT2D eigenvalue weighted by molar-refractivity contribution is 7.98. The second-order valence-corrected chi connectivity index (χ2v) is 5.81. The number of pyridine rings is 1. The summed E-state index contributed by atoms with van der Waals surface area (Å²) in [5.74, 6) is 2.20. The Morgan fingerprint density at radius 1 is 1.20 bits per heavy atom. The second kappa shape index (κ2) is 6.37. The maximum absolute atomic E-state index is 6.27. The van der Waals surface area contributed by atoms with Gasteiger partial charge in [0.15, 0.2) is 11.5 Å². The lowest BCUT2D eigenvalue weighted by Gasteiger charge is -2.11. The highest BCUT2D eigenvalue weighted by atomic mass is 35.5. The van der Waals surface area contributed by atoms with Crippen molar-refractivity contribution in [3.8, 4) is 11.5 Å². The molecule has 1 aliphatic heterocycles. The van der Waals surface area contributed by atoms with Crippen molar-refractivity contribution in [1.82, 2.24) is 4.98 Å². The zero-order chi connectivity index (χ0) is 13.8. The molecule has 0 atom stereocenters. The summed E-state index contributed by atoms with van der Waals surface area (Å²) in [6.45, 7) is 1.31. The van der Waals surface area contributed by atoms with E-state index in [1.54, 1.807) is 18.0 Å². The molecule has 0 unspecified atom stereocenters. The first-order valence-corrected chi connectivity index (χ1v) is 7.81. The van der Waals surface area contributed by atoms with Crippen LogP contribution in [0.3, 0.4) is 0 Å². The molecular formula is C15H14ClNO2S. The van der Waals surface area contributed by atoms with Gasteiger partial charge in [-0.15, -0.1) is 11.8 Å². The molecule has 2 aromatic rings. The molecular weight excluding hydrogens is 294 g/mol. The first kappa shape index (κ1) is 13.6. The Bertz CT molecular complexity index is 592. The van der Waals surface area contributed by atoms with E-state index in [0.29, 0.717) is 24.0 Å². The SMILES string of the molecule is Clc1cc(CSc2ccccn2)cc2c1OCCCO2. The molecule has 2 heterocycles. The maximum atomic E-state index is 6.27. The van der Waals surface area contributed by atoms with Gasteiger partial charge in [0.2, 0.25) is 0 Å². The van der Waals surface area contributed by atoms with Crippen molar-refractivity contribution in [2.24, 2.45) is 0 Å². The predicted octanol–water partition coefficient (Wildman–Crippen LogP) is 4.19. The van der Waals surface area contributed by atoms with Gasteiger partial charge >= 0.3 is 0 Å². The molecule has 3 rings (SSSR count). The minimum Gasteiger partial charge on any atom is -0.489 e. The van der Waals surface area contributed by atoms with Crippen LogP contribution >= 0.6 is 23.4 Å². The summed E-state index contributed by atoms with van der Waals surface area (Å²) < 4.78 is 11.3. The van der Waals surface area contributed by atoms with Crippen molar-refractivity contribution in [2.75, 3.05) is 13.2 Å². The van der Waals surface area contributed by atoms with E-state index in [-0.39, 0.29) is 0 Å². The van der Waals surface area contributed by atoms with Crippen LogP contribution in [0.15, 0.2) is 41.6 Å². The number of benzene rings is 1. The van der Waals surface area contributed by atoms with E-state index in [9.17, 15) is 0 Å². The third-order valence-corrected chi connectivity index (χ3v) is 4.18. The molecule has 0 saturated carbocycles. The van der Waals surface area contributed by atoms with Gasteiger partial charge in [0.05, 0.1) is 23.3 Å². The van der Waals surface area contributed by atoms with Gasteiger partial charge in [-0.1, -0.05) is 17.7 Å². The number of rotatable bonds is 3. The Morgan fingerprint density at radius 2 is 2.10 bits per heavy atom. The van der Waals surface area contributed by atoms with Gasteiger partial charge in [-0.3, -0.25) is 0 Å². The van der Waals surface area contributed by atoms with Crippen LogP contribution in [-0.2, 0) is 5.75 Å². The highest BCUT2D eigenvalue weighted by Crippen LogP contribution is 2.39. The van der Waals surface area contributed by atoms with Crippen molar-refractivity contribution in [1.29, 1.82) is 0 Å². The van der Waals surface area contributed by atoms with Gasteiger partial charge < -0.3 is 9.47 Å². The first-order valence-electron chi connectivity index (χ1n) is 6.45. The van der Waals surface area contributed by atoms with Gasteiger partial charge in [0, 0.05) is 18.4 Å². The standard InChI is InChI=1S/C15H14ClNO2S/c16-12-8-11(10-20-14-4-1-2-5-17-14)9-13-15(12)19-7-3-6-18-13/h1-2,4-5,8-9H,3,6-7,10H2. The number of nitrogens with zero attached hydrogens (tertiary/aromatic N) is 1. The fourth-order valence-electron chi connectivity index (χ4n) is 1.96. The third-order valence-electron chi connectivity index (χ3n) is 2.89. The molecule has 3 nitrogen and oxygen atoms in total. The Hall–Kier alpha value is -1.39. The molecule has 104 valence electrons. The Balaban J connectivity index is 1.77. The lowest BCUT2D eigenvalue weighted by atomic mass is 10.2. The predicted molar refractivity (Wildman–Crippen MR) is 80.9 cm³/mol. The van der Waals surface area contributed by atoms with Crippen molar-refractivity contribution >= 4 is 23.4 Å².